The van der Waals surface area contributed by atoms with E-state index >= 15 is 0 Å². The molecule has 3 rings (SSSR count). The van der Waals surface area contributed by atoms with E-state index in [0.717, 1.165) is 18.4 Å². The van der Waals surface area contributed by atoms with Crippen LogP contribution in [0.1, 0.15) is 30.9 Å². The predicted molar refractivity (Wildman–Crippen MR) is 98.4 cm³/mol. The third kappa shape index (κ3) is 5.16. The van der Waals surface area contributed by atoms with Crippen LogP contribution in [-0.2, 0) is 17.9 Å². The molecule has 1 aliphatic carbocycles. The van der Waals surface area contributed by atoms with E-state index in [1.807, 2.05) is 47.2 Å². The Morgan fingerprint density at radius 1 is 1.27 bits per heavy atom. The van der Waals surface area contributed by atoms with Gasteiger partial charge in [0.2, 0.25) is 5.91 Å². The summed E-state index contributed by atoms with van der Waals surface area (Å²) in [6.07, 6.45) is 5.77. The van der Waals surface area contributed by atoms with Crippen LogP contribution in [0.25, 0.3) is 0 Å². The third-order valence-corrected chi connectivity index (χ3v) is 4.50. The lowest BCUT2D eigenvalue weighted by atomic mass is 10.2. The van der Waals surface area contributed by atoms with Crippen LogP contribution in [0, 0.1) is 0 Å². The molecule has 1 atom stereocenters. The van der Waals surface area contributed by atoms with Crippen LogP contribution >= 0.6 is 0 Å². The molecule has 2 aromatic rings. The minimum atomic E-state index is -0.419. The van der Waals surface area contributed by atoms with Crippen LogP contribution in [0.3, 0.4) is 0 Å². The van der Waals surface area contributed by atoms with Crippen molar-refractivity contribution in [1.29, 1.82) is 0 Å². The number of urea groups is 1. The van der Waals surface area contributed by atoms with Crippen LogP contribution in [0.15, 0.2) is 42.7 Å². The van der Waals surface area contributed by atoms with Crippen molar-refractivity contribution in [3.63, 3.8) is 0 Å². The van der Waals surface area contributed by atoms with Crippen molar-refractivity contribution in [2.75, 3.05) is 7.05 Å². The number of likely N-dealkylation sites (N-methyl/N-ethyl adjacent to an activating group) is 1. The molecule has 1 aromatic carbocycles. The van der Waals surface area contributed by atoms with Crippen molar-refractivity contribution in [3.8, 4) is 0 Å². The van der Waals surface area contributed by atoms with Crippen molar-refractivity contribution in [2.24, 2.45) is 0 Å². The van der Waals surface area contributed by atoms with Crippen molar-refractivity contribution in [1.82, 2.24) is 25.3 Å². The highest BCUT2D eigenvalue weighted by atomic mass is 16.2. The van der Waals surface area contributed by atoms with Crippen LogP contribution in [0.4, 0.5) is 4.79 Å². The quantitative estimate of drug-likeness (QED) is 0.793. The van der Waals surface area contributed by atoms with E-state index in [0.29, 0.717) is 13.1 Å². The number of carbonyl (C=O) groups is 2. The molecule has 1 fully saturated rings. The lowest BCUT2D eigenvalue weighted by Gasteiger charge is -2.22. The second kappa shape index (κ2) is 8.14. The van der Waals surface area contributed by atoms with Gasteiger partial charge < -0.3 is 5.32 Å². The average molecular weight is 355 g/mol. The van der Waals surface area contributed by atoms with Gasteiger partial charge in [0.25, 0.3) is 0 Å². The summed E-state index contributed by atoms with van der Waals surface area (Å²) in [6.45, 7) is 3.07. The Balaban J connectivity index is 1.49. The number of imide groups is 1. The third-order valence-electron chi connectivity index (χ3n) is 4.50. The first-order valence-corrected chi connectivity index (χ1v) is 8.88. The van der Waals surface area contributed by atoms with E-state index < -0.39 is 12.1 Å². The van der Waals surface area contributed by atoms with Gasteiger partial charge in [0.15, 0.2) is 0 Å². The van der Waals surface area contributed by atoms with Gasteiger partial charge in [0, 0.05) is 24.3 Å². The van der Waals surface area contributed by atoms with Crippen LogP contribution < -0.4 is 10.6 Å². The highest BCUT2D eigenvalue weighted by molar-refractivity contribution is 5.96. The standard InChI is InChI=1S/C19H25N5O2/c1-14(18(25)22-19(26)21-17-8-9-17)23(2)11-16-10-20-24(13-16)12-15-6-4-3-5-7-15/h3-7,10,13-14,17H,8-9,11-12H2,1-2H3,(H2,21,22,25,26)/t14-/m0/s1. The number of benzene rings is 1. The topological polar surface area (TPSA) is 79.3 Å². The smallest absolute Gasteiger partial charge is 0.321 e. The van der Waals surface area contributed by atoms with Gasteiger partial charge in [-0.15, -0.1) is 0 Å². The van der Waals surface area contributed by atoms with Gasteiger partial charge >= 0.3 is 6.03 Å². The SMILES string of the molecule is C[C@@H](C(=O)NC(=O)NC1CC1)N(C)Cc1cnn(Cc2ccccc2)c1. The number of nitrogens with zero attached hydrogens (tertiary/aromatic N) is 3. The Morgan fingerprint density at radius 3 is 2.69 bits per heavy atom. The molecule has 0 aliphatic heterocycles. The first-order chi connectivity index (χ1) is 12.5. The summed E-state index contributed by atoms with van der Waals surface area (Å²) in [5.41, 5.74) is 2.20. The first-order valence-electron chi connectivity index (χ1n) is 8.88. The van der Waals surface area contributed by atoms with E-state index in [-0.39, 0.29) is 11.9 Å². The largest absolute Gasteiger partial charge is 0.335 e. The fourth-order valence-corrected chi connectivity index (χ4v) is 2.64. The van der Waals surface area contributed by atoms with Gasteiger partial charge in [-0.05, 0) is 32.4 Å². The van der Waals surface area contributed by atoms with Gasteiger partial charge in [-0.25, -0.2) is 4.79 Å². The molecule has 0 spiro atoms. The summed E-state index contributed by atoms with van der Waals surface area (Å²) < 4.78 is 1.88. The van der Waals surface area contributed by atoms with E-state index in [1.165, 1.54) is 5.56 Å². The number of hydrogen-bond acceptors (Lipinski definition) is 4. The summed E-state index contributed by atoms with van der Waals surface area (Å²) >= 11 is 0. The summed E-state index contributed by atoms with van der Waals surface area (Å²) in [7, 11) is 1.86. The van der Waals surface area contributed by atoms with Crippen molar-refractivity contribution in [2.45, 2.75) is 44.9 Å². The molecule has 1 aromatic heterocycles. The maximum absolute atomic E-state index is 12.2. The van der Waals surface area contributed by atoms with Gasteiger partial charge in [-0.2, -0.15) is 5.10 Å². The molecular formula is C19H25N5O2. The Bertz CT molecular complexity index is 754. The molecule has 1 aliphatic rings. The maximum atomic E-state index is 12.2. The van der Waals surface area contributed by atoms with Gasteiger partial charge in [0.05, 0.1) is 18.8 Å². The Morgan fingerprint density at radius 2 is 2.00 bits per heavy atom. The van der Waals surface area contributed by atoms with E-state index in [2.05, 4.69) is 27.9 Å². The average Bonchev–Trinajstić information content (AvgIpc) is 3.32. The van der Waals surface area contributed by atoms with Gasteiger partial charge in [0.1, 0.15) is 0 Å². The molecule has 0 radical (unpaired) electrons. The molecule has 2 N–H and O–H groups in total. The van der Waals surface area contributed by atoms with Crippen molar-refractivity contribution >= 4 is 11.9 Å². The molecule has 26 heavy (non-hydrogen) atoms. The molecule has 7 nitrogen and oxygen atoms in total. The maximum Gasteiger partial charge on any atom is 0.321 e. The zero-order valence-corrected chi connectivity index (χ0v) is 15.2. The number of rotatable bonds is 7. The molecule has 7 heteroatoms. The number of carbonyl (C=O) groups excluding carboxylic acids is 2. The summed E-state index contributed by atoms with van der Waals surface area (Å²) in [4.78, 5) is 25.8. The monoisotopic (exact) mass is 355 g/mol. The predicted octanol–water partition coefficient (Wildman–Crippen LogP) is 1.74. The molecule has 3 amide bonds. The molecular weight excluding hydrogens is 330 g/mol. The minimum absolute atomic E-state index is 0.228. The second-order valence-electron chi connectivity index (χ2n) is 6.86. The summed E-state index contributed by atoms with van der Waals surface area (Å²) in [6, 6.07) is 9.53. The van der Waals surface area contributed by atoms with Gasteiger partial charge in [-0.3, -0.25) is 19.7 Å². The van der Waals surface area contributed by atoms with Crippen molar-refractivity contribution < 1.29 is 9.59 Å². The molecule has 1 saturated carbocycles. The Labute approximate surface area is 153 Å². The number of hydrogen-bond donors (Lipinski definition) is 2. The van der Waals surface area contributed by atoms with Crippen molar-refractivity contribution in [3.05, 3.63) is 53.9 Å². The molecule has 0 unspecified atom stereocenters. The normalized spacial score (nSPS) is 14.9. The molecule has 0 bridgehead atoms. The van der Waals surface area contributed by atoms with Crippen LogP contribution in [0.5, 0.6) is 0 Å². The Hall–Kier alpha value is -2.67. The molecule has 1 heterocycles. The fraction of sp³-hybridized carbons (Fsp3) is 0.421. The van der Waals surface area contributed by atoms with E-state index in [1.54, 1.807) is 6.92 Å². The number of amides is 3. The van der Waals surface area contributed by atoms with E-state index in [4.69, 9.17) is 0 Å². The molecule has 0 saturated heterocycles. The Kier molecular flexibility index (Phi) is 5.68. The van der Waals surface area contributed by atoms with Gasteiger partial charge in [-0.1, -0.05) is 30.3 Å². The number of aromatic nitrogens is 2. The highest BCUT2D eigenvalue weighted by Crippen LogP contribution is 2.18. The fourth-order valence-electron chi connectivity index (χ4n) is 2.64. The van der Waals surface area contributed by atoms with E-state index in [9.17, 15) is 9.59 Å². The van der Waals surface area contributed by atoms with Crippen LogP contribution in [0.2, 0.25) is 0 Å². The minimum Gasteiger partial charge on any atom is -0.335 e. The highest BCUT2D eigenvalue weighted by Gasteiger charge is 2.26. The van der Waals surface area contributed by atoms with Crippen LogP contribution in [-0.4, -0.2) is 45.8 Å². The second-order valence-corrected chi connectivity index (χ2v) is 6.86. The zero-order chi connectivity index (χ0) is 18.5. The lowest BCUT2D eigenvalue weighted by Crippen LogP contribution is -2.48. The lowest BCUT2D eigenvalue weighted by molar-refractivity contribution is -0.124. The number of nitrogens with one attached hydrogen (secondary N) is 2. The summed E-state index contributed by atoms with van der Waals surface area (Å²) in [5.74, 6) is -0.303. The summed E-state index contributed by atoms with van der Waals surface area (Å²) in [5, 5.41) is 9.54. The zero-order valence-electron chi connectivity index (χ0n) is 15.2. The molecule has 138 valence electrons. The first kappa shape index (κ1) is 18.1.